The molecule has 0 amide bonds. The molecule has 2 rings (SSSR count). The normalized spacial score (nSPS) is 37.0. The van der Waals surface area contributed by atoms with E-state index >= 15 is 0 Å². The van der Waals surface area contributed by atoms with Crippen molar-refractivity contribution in [1.29, 1.82) is 0 Å². The molecule has 1 heterocycles. The maximum absolute atomic E-state index is 9.73. The molecule has 1 aliphatic carbocycles. The second kappa shape index (κ2) is 4.32. The molecule has 0 saturated heterocycles. The van der Waals surface area contributed by atoms with E-state index in [0.717, 1.165) is 31.3 Å². The lowest BCUT2D eigenvalue weighted by atomic mass is 9.80. The molecule has 0 spiro atoms. The minimum Gasteiger partial charge on any atom is -0.472 e. The first-order valence-corrected chi connectivity index (χ1v) is 5.46. The number of aliphatic hydroxyl groups is 1. The van der Waals surface area contributed by atoms with Crippen LogP contribution in [0.4, 0.5) is 0 Å². The fourth-order valence-electron chi connectivity index (χ4n) is 2.33. The lowest BCUT2D eigenvalue weighted by Crippen LogP contribution is -2.32. The summed E-state index contributed by atoms with van der Waals surface area (Å²) in [7, 11) is 0. The van der Waals surface area contributed by atoms with Crippen molar-refractivity contribution in [2.24, 2.45) is 5.92 Å². The largest absolute Gasteiger partial charge is 0.472 e. The number of ether oxygens (including phenoxy) is 2. The zero-order valence-electron chi connectivity index (χ0n) is 8.61. The van der Waals surface area contributed by atoms with Crippen LogP contribution >= 0.6 is 0 Å². The minimum atomic E-state index is -0.281. The number of aliphatic hydroxyl groups excluding tert-OH is 1. The first kappa shape index (κ1) is 9.99. The first-order chi connectivity index (χ1) is 6.81. The van der Waals surface area contributed by atoms with Crippen molar-refractivity contribution in [3.63, 3.8) is 0 Å². The van der Waals surface area contributed by atoms with Crippen molar-refractivity contribution in [2.45, 2.75) is 45.0 Å². The third kappa shape index (κ3) is 1.93. The van der Waals surface area contributed by atoms with E-state index in [9.17, 15) is 5.11 Å². The Bertz CT molecular complexity index is 225. The molecule has 0 bridgehead atoms. The third-order valence-electron chi connectivity index (χ3n) is 3.07. The molecular weight excluding hydrogens is 180 g/mol. The maximum atomic E-state index is 9.73. The van der Waals surface area contributed by atoms with Gasteiger partial charge in [0.2, 0.25) is 0 Å². The van der Waals surface area contributed by atoms with Crippen molar-refractivity contribution >= 4 is 0 Å². The molecule has 0 aromatic heterocycles. The molecule has 80 valence electrons. The lowest BCUT2D eigenvalue weighted by Gasteiger charge is -2.35. The van der Waals surface area contributed by atoms with E-state index in [2.05, 4.69) is 0 Å². The van der Waals surface area contributed by atoms with Crippen LogP contribution in [0.25, 0.3) is 0 Å². The average molecular weight is 198 g/mol. The monoisotopic (exact) mass is 198 g/mol. The molecule has 1 N–H and O–H groups in total. The second-order valence-electron chi connectivity index (χ2n) is 4.02. The van der Waals surface area contributed by atoms with Gasteiger partial charge in [-0.25, -0.2) is 0 Å². The summed E-state index contributed by atoms with van der Waals surface area (Å²) in [5, 5.41) is 9.73. The Hall–Kier alpha value is -0.540. The van der Waals surface area contributed by atoms with Crippen molar-refractivity contribution in [3.05, 3.63) is 11.8 Å². The average Bonchev–Trinajstić information content (AvgIpc) is 2.18. The Morgan fingerprint density at radius 1 is 1.57 bits per heavy atom. The Kier molecular flexibility index (Phi) is 3.08. The van der Waals surface area contributed by atoms with Crippen LogP contribution in [-0.2, 0) is 9.47 Å². The van der Waals surface area contributed by atoms with Crippen LogP contribution in [0.5, 0.6) is 0 Å². The summed E-state index contributed by atoms with van der Waals surface area (Å²) in [6.07, 6.45) is 5.40. The van der Waals surface area contributed by atoms with E-state index in [0.29, 0.717) is 12.5 Å². The smallest absolute Gasteiger partial charge is 0.199 e. The topological polar surface area (TPSA) is 38.7 Å². The first-order valence-electron chi connectivity index (χ1n) is 5.46. The summed E-state index contributed by atoms with van der Waals surface area (Å²) < 4.78 is 10.8. The highest BCUT2D eigenvalue weighted by molar-refractivity contribution is 5.14. The van der Waals surface area contributed by atoms with E-state index < -0.39 is 0 Å². The lowest BCUT2D eigenvalue weighted by molar-refractivity contribution is -0.126. The van der Waals surface area contributed by atoms with E-state index in [4.69, 9.17) is 9.47 Å². The molecule has 3 unspecified atom stereocenters. The Balaban J connectivity index is 2.01. The standard InChI is InChI=1S/C11H18O3/c1-2-13-11-6-8-4-3-5-10(12)9(8)7-14-11/h7-8,10-12H,2-6H2,1H3. The predicted molar refractivity (Wildman–Crippen MR) is 52.5 cm³/mol. The minimum absolute atomic E-state index is 0.0981. The van der Waals surface area contributed by atoms with Gasteiger partial charge in [0.1, 0.15) is 0 Å². The van der Waals surface area contributed by atoms with Gasteiger partial charge in [0, 0.05) is 13.0 Å². The number of hydrogen-bond donors (Lipinski definition) is 1. The van der Waals surface area contributed by atoms with Crippen LogP contribution in [-0.4, -0.2) is 24.1 Å². The summed E-state index contributed by atoms with van der Waals surface area (Å²) in [4.78, 5) is 0. The van der Waals surface area contributed by atoms with E-state index in [-0.39, 0.29) is 12.4 Å². The summed E-state index contributed by atoms with van der Waals surface area (Å²) in [6, 6.07) is 0. The maximum Gasteiger partial charge on any atom is 0.199 e. The van der Waals surface area contributed by atoms with Gasteiger partial charge < -0.3 is 14.6 Å². The molecule has 3 heteroatoms. The summed E-state index contributed by atoms with van der Waals surface area (Å²) in [6.45, 7) is 2.65. The van der Waals surface area contributed by atoms with Crippen LogP contribution < -0.4 is 0 Å². The van der Waals surface area contributed by atoms with Gasteiger partial charge in [-0.15, -0.1) is 0 Å². The van der Waals surface area contributed by atoms with Crippen LogP contribution in [0.1, 0.15) is 32.6 Å². The van der Waals surface area contributed by atoms with E-state index in [1.807, 2.05) is 6.92 Å². The number of rotatable bonds is 2. The fraction of sp³-hybridized carbons (Fsp3) is 0.818. The fourth-order valence-corrected chi connectivity index (χ4v) is 2.33. The van der Waals surface area contributed by atoms with Crippen molar-refractivity contribution in [1.82, 2.24) is 0 Å². The van der Waals surface area contributed by atoms with E-state index in [1.165, 1.54) is 0 Å². The molecule has 0 radical (unpaired) electrons. The van der Waals surface area contributed by atoms with Crippen molar-refractivity contribution in [3.8, 4) is 0 Å². The van der Waals surface area contributed by atoms with Gasteiger partial charge in [0.15, 0.2) is 6.29 Å². The molecule has 1 fully saturated rings. The molecule has 3 atom stereocenters. The third-order valence-corrected chi connectivity index (χ3v) is 3.07. The molecule has 2 aliphatic rings. The Morgan fingerprint density at radius 3 is 3.21 bits per heavy atom. The van der Waals surface area contributed by atoms with Gasteiger partial charge in [-0.05, 0) is 37.7 Å². The molecule has 1 aliphatic heterocycles. The highest BCUT2D eigenvalue weighted by atomic mass is 16.7. The highest BCUT2D eigenvalue weighted by Crippen LogP contribution is 2.36. The SMILES string of the molecule is CCOC1CC2CCCC(O)C2=CO1. The van der Waals surface area contributed by atoms with Crippen LogP contribution in [0.2, 0.25) is 0 Å². The predicted octanol–water partition coefficient (Wildman–Crippen LogP) is 1.81. The summed E-state index contributed by atoms with van der Waals surface area (Å²) in [5.41, 5.74) is 1.08. The molecule has 0 aromatic rings. The van der Waals surface area contributed by atoms with Crippen molar-refractivity contribution in [2.75, 3.05) is 6.61 Å². The molecule has 3 nitrogen and oxygen atoms in total. The molecular formula is C11H18O3. The zero-order chi connectivity index (χ0) is 9.97. The molecule has 0 aromatic carbocycles. The molecule has 1 saturated carbocycles. The van der Waals surface area contributed by atoms with Gasteiger partial charge in [0.05, 0.1) is 12.4 Å². The van der Waals surface area contributed by atoms with Crippen LogP contribution in [0, 0.1) is 5.92 Å². The highest BCUT2D eigenvalue weighted by Gasteiger charge is 2.32. The molecule has 14 heavy (non-hydrogen) atoms. The Morgan fingerprint density at radius 2 is 2.43 bits per heavy atom. The quantitative estimate of drug-likeness (QED) is 0.735. The summed E-state index contributed by atoms with van der Waals surface area (Å²) >= 11 is 0. The van der Waals surface area contributed by atoms with Gasteiger partial charge in [-0.2, -0.15) is 0 Å². The second-order valence-corrected chi connectivity index (χ2v) is 4.02. The number of fused-ring (bicyclic) bond motifs is 1. The van der Waals surface area contributed by atoms with Crippen LogP contribution in [0.3, 0.4) is 0 Å². The van der Waals surface area contributed by atoms with Crippen LogP contribution in [0.15, 0.2) is 11.8 Å². The zero-order valence-corrected chi connectivity index (χ0v) is 8.61. The van der Waals surface area contributed by atoms with Gasteiger partial charge in [-0.3, -0.25) is 0 Å². The van der Waals surface area contributed by atoms with Gasteiger partial charge in [-0.1, -0.05) is 0 Å². The van der Waals surface area contributed by atoms with Crippen molar-refractivity contribution < 1.29 is 14.6 Å². The Labute approximate surface area is 84.7 Å². The summed E-state index contributed by atoms with van der Waals surface area (Å²) in [5.74, 6) is 0.476. The van der Waals surface area contributed by atoms with E-state index in [1.54, 1.807) is 6.26 Å². The van der Waals surface area contributed by atoms with Gasteiger partial charge in [0.25, 0.3) is 0 Å². The number of hydrogen-bond acceptors (Lipinski definition) is 3. The van der Waals surface area contributed by atoms with Gasteiger partial charge >= 0.3 is 0 Å².